The molecule has 3 rings (SSSR count). The van der Waals surface area contributed by atoms with Gasteiger partial charge < -0.3 is 14.4 Å². The smallest absolute Gasteiger partial charge is 0.312 e. The number of likely N-dealkylation sites (tertiary alicyclic amines) is 1. The molecule has 1 atom stereocenters. The van der Waals surface area contributed by atoms with Crippen LogP contribution >= 0.6 is 0 Å². The average molecular weight is 253 g/mol. The monoisotopic (exact) mass is 253 g/mol. The Labute approximate surface area is 109 Å². The van der Waals surface area contributed by atoms with Gasteiger partial charge in [-0.25, -0.2) is 0 Å². The number of hydrogen-bond donors (Lipinski definition) is 0. The molecular formula is C14H23NO3. The van der Waals surface area contributed by atoms with Crippen LogP contribution in [0.5, 0.6) is 0 Å². The van der Waals surface area contributed by atoms with Gasteiger partial charge in [0.2, 0.25) is 0 Å². The molecule has 0 aromatic heterocycles. The molecule has 0 N–H and O–H groups in total. The minimum Gasteiger partial charge on any atom is -0.469 e. The summed E-state index contributed by atoms with van der Waals surface area (Å²) in [6.07, 6.45) is 4.32. The van der Waals surface area contributed by atoms with Crippen LogP contribution in [-0.2, 0) is 14.3 Å². The van der Waals surface area contributed by atoms with Crippen molar-refractivity contribution in [1.82, 2.24) is 4.90 Å². The highest BCUT2D eigenvalue weighted by atomic mass is 16.5. The molecule has 0 aromatic carbocycles. The lowest BCUT2D eigenvalue weighted by atomic mass is 9.47. The standard InChI is InChI=1S/C14H23NO3/c1-15-7-4-11(8-15)14(9-18-10-14)13(5-3-6-13)12(16)17-2/h11H,3-10H2,1-2H3. The van der Waals surface area contributed by atoms with Crippen molar-refractivity contribution in [2.45, 2.75) is 25.7 Å². The van der Waals surface area contributed by atoms with Gasteiger partial charge in [-0.05, 0) is 38.8 Å². The third-order valence-electron chi connectivity index (χ3n) is 5.63. The SMILES string of the molecule is COC(=O)C1(C2(C3CCN(C)C3)COC2)CCC1. The van der Waals surface area contributed by atoms with E-state index in [2.05, 4.69) is 11.9 Å². The average Bonchev–Trinajstić information content (AvgIpc) is 2.66. The highest BCUT2D eigenvalue weighted by Crippen LogP contribution is 2.62. The molecule has 2 aliphatic heterocycles. The molecule has 0 radical (unpaired) electrons. The summed E-state index contributed by atoms with van der Waals surface area (Å²) >= 11 is 0. The molecule has 102 valence electrons. The molecule has 3 aliphatic rings. The van der Waals surface area contributed by atoms with Gasteiger partial charge >= 0.3 is 5.97 Å². The number of methoxy groups -OCH3 is 1. The molecule has 0 spiro atoms. The van der Waals surface area contributed by atoms with Crippen LogP contribution in [0.4, 0.5) is 0 Å². The maximum absolute atomic E-state index is 12.3. The summed E-state index contributed by atoms with van der Waals surface area (Å²) in [6.45, 7) is 3.74. The molecule has 1 saturated carbocycles. The molecule has 2 heterocycles. The lowest BCUT2D eigenvalue weighted by molar-refractivity contribution is -0.244. The molecular weight excluding hydrogens is 230 g/mol. The second-order valence-corrected chi connectivity index (χ2v) is 6.32. The Morgan fingerprint density at radius 1 is 1.39 bits per heavy atom. The fourth-order valence-corrected chi connectivity index (χ4v) is 4.24. The van der Waals surface area contributed by atoms with Crippen LogP contribution < -0.4 is 0 Å². The van der Waals surface area contributed by atoms with E-state index >= 15 is 0 Å². The second-order valence-electron chi connectivity index (χ2n) is 6.32. The van der Waals surface area contributed by atoms with Gasteiger partial charge in [-0.1, -0.05) is 6.42 Å². The molecule has 1 aliphatic carbocycles. The first kappa shape index (κ1) is 12.4. The van der Waals surface area contributed by atoms with Crippen molar-refractivity contribution in [2.24, 2.45) is 16.7 Å². The van der Waals surface area contributed by atoms with E-state index in [1.54, 1.807) is 0 Å². The van der Waals surface area contributed by atoms with Gasteiger partial charge in [0.15, 0.2) is 0 Å². The number of carbonyl (C=O) groups is 1. The maximum atomic E-state index is 12.3. The van der Waals surface area contributed by atoms with Crippen LogP contribution in [0.2, 0.25) is 0 Å². The molecule has 2 saturated heterocycles. The van der Waals surface area contributed by atoms with Crippen molar-refractivity contribution in [1.29, 1.82) is 0 Å². The van der Waals surface area contributed by atoms with E-state index < -0.39 is 0 Å². The zero-order valence-electron chi connectivity index (χ0n) is 11.4. The van der Waals surface area contributed by atoms with E-state index in [1.807, 2.05) is 0 Å². The Hall–Kier alpha value is -0.610. The molecule has 3 fully saturated rings. The van der Waals surface area contributed by atoms with Crippen molar-refractivity contribution in [2.75, 3.05) is 40.5 Å². The largest absolute Gasteiger partial charge is 0.469 e. The first-order valence-electron chi connectivity index (χ1n) is 6.99. The van der Waals surface area contributed by atoms with Gasteiger partial charge in [-0.3, -0.25) is 4.79 Å². The number of esters is 1. The van der Waals surface area contributed by atoms with Crippen LogP contribution in [0.15, 0.2) is 0 Å². The third kappa shape index (κ3) is 1.42. The molecule has 4 heteroatoms. The number of ether oxygens (including phenoxy) is 2. The zero-order chi connectivity index (χ0) is 12.8. The van der Waals surface area contributed by atoms with E-state index in [0.29, 0.717) is 5.92 Å². The number of rotatable bonds is 3. The zero-order valence-corrected chi connectivity index (χ0v) is 11.4. The maximum Gasteiger partial charge on any atom is 0.312 e. The first-order chi connectivity index (χ1) is 8.64. The van der Waals surface area contributed by atoms with Gasteiger partial charge in [0.1, 0.15) is 0 Å². The topological polar surface area (TPSA) is 38.8 Å². The Morgan fingerprint density at radius 2 is 2.11 bits per heavy atom. The lowest BCUT2D eigenvalue weighted by Gasteiger charge is -2.60. The summed E-state index contributed by atoms with van der Waals surface area (Å²) in [5.41, 5.74) is -0.182. The summed E-state index contributed by atoms with van der Waals surface area (Å²) in [5, 5.41) is 0. The first-order valence-corrected chi connectivity index (χ1v) is 6.99. The number of carbonyl (C=O) groups excluding carboxylic acids is 1. The number of nitrogens with zero attached hydrogens (tertiary/aromatic N) is 1. The Balaban J connectivity index is 1.88. The van der Waals surface area contributed by atoms with E-state index in [4.69, 9.17) is 9.47 Å². The van der Waals surface area contributed by atoms with Gasteiger partial charge in [-0.15, -0.1) is 0 Å². The summed E-state index contributed by atoms with van der Waals surface area (Å²) < 4.78 is 10.7. The molecule has 18 heavy (non-hydrogen) atoms. The predicted molar refractivity (Wildman–Crippen MR) is 67.2 cm³/mol. The van der Waals surface area contributed by atoms with Crippen molar-refractivity contribution >= 4 is 5.97 Å². The Bertz CT molecular complexity index is 347. The quantitative estimate of drug-likeness (QED) is 0.711. The third-order valence-corrected chi connectivity index (χ3v) is 5.63. The van der Waals surface area contributed by atoms with Crippen LogP contribution in [0.1, 0.15) is 25.7 Å². The van der Waals surface area contributed by atoms with Crippen LogP contribution in [0.25, 0.3) is 0 Å². The van der Waals surface area contributed by atoms with Crippen molar-refractivity contribution in [3.63, 3.8) is 0 Å². The summed E-state index contributed by atoms with van der Waals surface area (Å²) in [5.74, 6) is 0.599. The van der Waals surface area contributed by atoms with Crippen LogP contribution in [0.3, 0.4) is 0 Å². The minimum absolute atomic E-state index is 0.00611. The van der Waals surface area contributed by atoms with Crippen LogP contribution in [-0.4, -0.2) is 51.3 Å². The van der Waals surface area contributed by atoms with Crippen molar-refractivity contribution in [3.8, 4) is 0 Å². The highest BCUT2D eigenvalue weighted by molar-refractivity contribution is 5.79. The van der Waals surface area contributed by atoms with Crippen LogP contribution in [0, 0.1) is 16.7 Å². The van der Waals surface area contributed by atoms with E-state index in [1.165, 1.54) is 13.5 Å². The Kier molecular flexibility index (Phi) is 2.90. The van der Waals surface area contributed by atoms with E-state index in [0.717, 1.165) is 45.6 Å². The van der Waals surface area contributed by atoms with Gasteiger partial charge in [0.05, 0.1) is 25.7 Å². The van der Waals surface area contributed by atoms with E-state index in [9.17, 15) is 4.79 Å². The fourth-order valence-electron chi connectivity index (χ4n) is 4.24. The second kappa shape index (κ2) is 4.20. The summed E-state index contributed by atoms with van der Waals surface area (Å²) in [6, 6.07) is 0. The summed E-state index contributed by atoms with van der Waals surface area (Å²) in [7, 11) is 3.69. The molecule has 1 unspecified atom stereocenters. The molecule has 0 amide bonds. The molecule has 0 aromatic rings. The Morgan fingerprint density at radius 3 is 2.44 bits per heavy atom. The minimum atomic E-state index is -0.240. The van der Waals surface area contributed by atoms with Gasteiger partial charge in [-0.2, -0.15) is 0 Å². The highest BCUT2D eigenvalue weighted by Gasteiger charge is 2.66. The van der Waals surface area contributed by atoms with E-state index in [-0.39, 0.29) is 16.8 Å². The van der Waals surface area contributed by atoms with Gasteiger partial charge in [0.25, 0.3) is 0 Å². The molecule has 4 nitrogen and oxygen atoms in total. The van der Waals surface area contributed by atoms with Gasteiger partial charge in [0, 0.05) is 12.0 Å². The lowest BCUT2D eigenvalue weighted by Crippen LogP contribution is -2.65. The number of hydrogen-bond acceptors (Lipinski definition) is 4. The normalized spacial score (nSPS) is 33.6. The predicted octanol–water partition coefficient (Wildman–Crippen LogP) is 1.30. The molecule has 0 bridgehead atoms. The van der Waals surface area contributed by atoms with Crippen molar-refractivity contribution in [3.05, 3.63) is 0 Å². The summed E-state index contributed by atoms with van der Waals surface area (Å²) in [4.78, 5) is 14.7. The fraction of sp³-hybridized carbons (Fsp3) is 0.929. The van der Waals surface area contributed by atoms with Crippen molar-refractivity contribution < 1.29 is 14.3 Å².